The van der Waals surface area contributed by atoms with Gasteiger partial charge in [0.1, 0.15) is 17.4 Å². The van der Waals surface area contributed by atoms with Crippen LogP contribution in [0.15, 0.2) is 72.3 Å². The lowest BCUT2D eigenvalue weighted by Crippen LogP contribution is -2.15. The first-order chi connectivity index (χ1) is 15.8. The van der Waals surface area contributed by atoms with E-state index in [1.807, 2.05) is 6.07 Å². The van der Waals surface area contributed by atoms with Crippen molar-refractivity contribution in [3.63, 3.8) is 0 Å². The van der Waals surface area contributed by atoms with E-state index in [0.717, 1.165) is 0 Å². The van der Waals surface area contributed by atoms with E-state index in [1.165, 1.54) is 43.3 Å². The van der Waals surface area contributed by atoms with Gasteiger partial charge in [-0.15, -0.1) is 0 Å². The van der Waals surface area contributed by atoms with Crippen molar-refractivity contribution < 1.29 is 19.1 Å². The molecule has 0 fully saturated rings. The normalized spacial score (nSPS) is 10.8. The molecule has 0 saturated carbocycles. The lowest BCUT2D eigenvalue weighted by Gasteiger charge is -2.08. The third kappa shape index (κ3) is 6.07. The van der Waals surface area contributed by atoms with Gasteiger partial charge in [0.05, 0.1) is 16.3 Å². The van der Waals surface area contributed by atoms with Crippen LogP contribution >= 0.6 is 23.2 Å². The third-order valence-electron chi connectivity index (χ3n) is 4.47. The SMILES string of the molecule is CC(=O)c1ccccc1NC(=O)/C(C#N)=C\c1ccc(OC(=O)c2ccc(Cl)cc2Cl)cc1. The third-order valence-corrected chi connectivity index (χ3v) is 5.02. The number of hydrogen-bond acceptors (Lipinski definition) is 5. The highest BCUT2D eigenvalue weighted by atomic mass is 35.5. The van der Waals surface area contributed by atoms with Crippen LogP contribution in [0.4, 0.5) is 5.69 Å². The number of ether oxygens (including phenoxy) is 1. The molecule has 0 atom stereocenters. The number of carbonyl (C=O) groups is 3. The number of anilines is 1. The second kappa shape index (κ2) is 10.6. The number of halogens is 2. The summed E-state index contributed by atoms with van der Waals surface area (Å²) in [4.78, 5) is 36.6. The Bertz CT molecular complexity index is 1310. The van der Waals surface area contributed by atoms with Gasteiger partial charge in [0.25, 0.3) is 5.91 Å². The molecule has 0 radical (unpaired) electrons. The molecule has 0 heterocycles. The average Bonchev–Trinajstić information content (AvgIpc) is 2.78. The molecule has 0 aromatic heterocycles. The summed E-state index contributed by atoms with van der Waals surface area (Å²) in [5, 5.41) is 12.6. The predicted molar refractivity (Wildman–Crippen MR) is 127 cm³/mol. The molecule has 1 N–H and O–H groups in total. The number of nitrogens with zero attached hydrogens (tertiary/aromatic N) is 1. The van der Waals surface area contributed by atoms with E-state index in [1.54, 1.807) is 36.4 Å². The monoisotopic (exact) mass is 478 g/mol. The summed E-state index contributed by atoms with van der Waals surface area (Å²) in [5.41, 5.74) is 1.20. The van der Waals surface area contributed by atoms with E-state index in [9.17, 15) is 19.6 Å². The van der Waals surface area contributed by atoms with Crippen LogP contribution in [0.1, 0.15) is 33.2 Å². The highest BCUT2D eigenvalue weighted by Gasteiger charge is 2.15. The van der Waals surface area contributed by atoms with Gasteiger partial charge in [-0.3, -0.25) is 9.59 Å². The number of nitrogens with one attached hydrogen (secondary N) is 1. The largest absolute Gasteiger partial charge is 0.423 e. The van der Waals surface area contributed by atoms with Crippen LogP contribution in [0.25, 0.3) is 6.08 Å². The van der Waals surface area contributed by atoms with Crippen LogP contribution in [-0.4, -0.2) is 17.7 Å². The minimum absolute atomic E-state index is 0.161. The van der Waals surface area contributed by atoms with Crippen molar-refractivity contribution in [2.24, 2.45) is 0 Å². The number of amides is 1. The summed E-state index contributed by atoms with van der Waals surface area (Å²) < 4.78 is 5.31. The van der Waals surface area contributed by atoms with Gasteiger partial charge in [-0.1, -0.05) is 47.5 Å². The summed E-state index contributed by atoms with van der Waals surface area (Å²) in [7, 11) is 0. The molecule has 3 aromatic rings. The van der Waals surface area contributed by atoms with Gasteiger partial charge in [0.2, 0.25) is 0 Å². The first-order valence-electron chi connectivity index (χ1n) is 9.59. The molecule has 0 bridgehead atoms. The minimum atomic E-state index is -0.654. The van der Waals surface area contributed by atoms with Crippen LogP contribution in [0.3, 0.4) is 0 Å². The zero-order chi connectivity index (χ0) is 24.0. The van der Waals surface area contributed by atoms with Crippen molar-refractivity contribution in [1.82, 2.24) is 0 Å². The van der Waals surface area contributed by atoms with Gasteiger partial charge >= 0.3 is 5.97 Å². The molecule has 0 aliphatic carbocycles. The van der Waals surface area contributed by atoms with Crippen molar-refractivity contribution in [3.8, 4) is 11.8 Å². The molecule has 8 heteroatoms. The summed E-state index contributed by atoms with van der Waals surface area (Å²) in [6, 6.07) is 19.0. The Balaban J connectivity index is 1.73. The molecule has 33 heavy (non-hydrogen) atoms. The number of nitriles is 1. The van der Waals surface area contributed by atoms with E-state index in [4.69, 9.17) is 27.9 Å². The Kier molecular flexibility index (Phi) is 7.62. The molecule has 1 amide bonds. The van der Waals surface area contributed by atoms with Crippen LogP contribution in [0.5, 0.6) is 5.75 Å². The van der Waals surface area contributed by atoms with Gasteiger partial charge < -0.3 is 10.1 Å². The average molecular weight is 479 g/mol. The standard InChI is InChI=1S/C25H16Cl2N2O4/c1-15(30)20-4-2-3-5-23(20)29-24(31)17(14-28)12-16-6-9-19(10-7-16)33-25(32)21-11-8-18(26)13-22(21)27/h2-13H,1H3,(H,29,31)/b17-12-. The van der Waals surface area contributed by atoms with Gasteiger partial charge in [0, 0.05) is 10.6 Å². The lowest BCUT2D eigenvalue weighted by molar-refractivity contribution is -0.112. The highest BCUT2D eigenvalue weighted by Crippen LogP contribution is 2.23. The van der Waals surface area contributed by atoms with E-state index >= 15 is 0 Å². The van der Waals surface area contributed by atoms with E-state index in [0.29, 0.717) is 21.8 Å². The molecule has 164 valence electrons. The van der Waals surface area contributed by atoms with Crippen LogP contribution in [-0.2, 0) is 4.79 Å². The maximum atomic E-state index is 12.5. The first-order valence-corrected chi connectivity index (χ1v) is 10.3. The number of ketones is 1. The highest BCUT2D eigenvalue weighted by molar-refractivity contribution is 6.36. The second-order valence-electron chi connectivity index (χ2n) is 6.81. The summed E-state index contributed by atoms with van der Waals surface area (Å²) in [6.45, 7) is 1.39. The number of para-hydroxylation sites is 1. The Morgan fingerprint density at radius 3 is 2.30 bits per heavy atom. The van der Waals surface area contributed by atoms with Crippen molar-refractivity contribution in [2.75, 3.05) is 5.32 Å². The molecule has 0 unspecified atom stereocenters. The Hall–Kier alpha value is -3.92. The number of carbonyl (C=O) groups excluding carboxylic acids is 3. The fraction of sp³-hybridized carbons (Fsp3) is 0.0400. The molecule has 6 nitrogen and oxygen atoms in total. The molecule has 3 rings (SSSR count). The molecular weight excluding hydrogens is 463 g/mol. The van der Waals surface area contributed by atoms with Crippen molar-refractivity contribution in [1.29, 1.82) is 5.26 Å². The molecule has 0 aliphatic heterocycles. The Labute approximate surface area is 200 Å². The van der Waals surface area contributed by atoms with Crippen LogP contribution < -0.4 is 10.1 Å². The predicted octanol–water partition coefficient (Wildman–Crippen LogP) is 5.96. The van der Waals surface area contributed by atoms with Crippen molar-refractivity contribution in [3.05, 3.63) is 99.0 Å². The maximum absolute atomic E-state index is 12.5. The van der Waals surface area contributed by atoms with Gasteiger partial charge in [-0.25, -0.2) is 4.79 Å². The second-order valence-corrected chi connectivity index (χ2v) is 7.65. The fourth-order valence-corrected chi connectivity index (χ4v) is 3.34. The molecular formula is C25H16Cl2N2O4. The van der Waals surface area contributed by atoms with Gasteiger partial charge in [-0.05, 0) is 61.0 Å². The number of esters is 1. The molecule has 3 aromatic carbocycles. The van der Waals surface area contributed by atoms with Gasteiger partial charge in [-0.2, -0.15) is 5.26 Å². The topological polar surface area (TPSA) is 96.3 Å². The number of Topliss-reactive ketones (excluding diaryl/α,β-unsaturated/α-hetero) is 1. The number of hydrogen-bond donors (Lipinski definition) is 1. The quantitative estimate of drug-likeness (QED) is 0.155. The minimum Gasteiger partial charge on any atom is -0.423 e. The summed E-state index contributed by atoms with van der Waals surface area (Å²) in [5.74, 6) is -1.26. The lowest BCUT2D eigenvalue weighted by atomic mass is 10.1. The molecule has 0 aliphatic rings. The smallest absolute Gasteiger partial charge is 0.345 e. The van der Waals surface area contributed by atoms with Crippen LogP contribution in [0, 0.1) is 11.3 Å². The zero-order valence-corrected chi connectivity index (χ0v) is 18.8. The van der Waals surface area contributed by atoms with Crippen molar-refractivity contribution in [2.45, 2.75) is 6.92 Å². The first kappa shape index (κ1) is 23.7. The molecule has 0 saturated heterocycles. The zero-order valence-electron chi connectivity index (χ0n) is 17.3. The van der Waals surface area contributed by atoms with E-state index in [-0.39, 0.29) is 27.7 Å². The van der Waals surface area contributed by atoms with E-state index in [2.05, 4.69) is 5.32 Å². The molecule has 0 spiro atoms. The maximum Gasteiger partial charge on any atom is 0.345 e. The fourth-order valence-electron chi connectivity index (χ4n) is 2.85. The van der Waals surface area contributed by atoms with E-state index < -0.39 is 11.9 Å². The summed E-state index contributed by atoms with van der Waals surface area (Å²) in [6.07, 6.45) is 1.38. The Morgan fingerprint density at radius 1 is 0.970 bits per heavy atom. The Morgan fingerprint density at radius 2 is 1.67 bits per heavy atom. The number of benzene rings is 3. The van der Waals surface area contributed by atoms with Gasteiger partial charge in [0.15, 0.2) is 5.78 Å². The van der Waals surface area contributed by atoms with Crippen molar-refractivity contribution >= 4 is 52.6 Å². The van der Waals surface area contributed by atoms with Crippen LogP contribution in [0.2, 0.25) is 10.0 Å². The summed E-state index contributed by atoms with van der Waals surface area (Å²) >= 11 is 11.9. The number of rotatable bonds is 6.